The lowest BCUT2D eigenvalue weighted by Crippen LogP contribution is -2.36. The number of ether oxygens (including phenoxy) is 1. The van der Waals surface area contributed by atoms with Crippen molar-refractivity contribution in [2.24, 2.45) is 0 Å². The van der Waals surface area contributed by atoms with E-state index in [2.05, 4.69) is 15.5 Å². The minimum Gasteiger partial charge on any atom is -0.497 e. The molecule has 0 bridgehead atoms. The van der Waals surface area contributed by atoms with E-state index in [0.717, 1.165) is 17.0 Å². The van der Waals surface area contributed by atoms with E-state index in [1.165, 1.54) is 6.20 Å². The van der Waals surface area contributed by atoms with Crippen LogP contribution in [-0.4, -0.2) is 46.6 Å². The highest BCUT2D eigenvalue weighted by Crippen LogP contribution is 2.20. The Morgan fingerprint density at radius 3 is 2.93 bits per heavy atom. The van der Waals surface area contributed by atoms with E-state index in [-0.39, 0.29) is 17.9 Å². The summed E-state index contributed by atoms with van der Waals surface area (Å²) in [5.74, 6) is 1.13. The van der Waals surface area contributed by atoms with Crippen molar-refractivity contribution in [1.29, 1.82) is 0 Å². The van der Waals surface area contributed by atoms with Crippen LogP contribution in [0.2, 0.25) is 0 Å². The standard InChI is InChI=1S/C19H24N4O4/c1-12-16(13(2)27-22-12)11-23-9-7-14(4-5-18(23)24)21-19(25)17-10-15(26-3)6-8-20-17/h6,8,10,14H,4-5,7,9,11H2,1-3H3,(H,21,25). The molecule has 1 fully saturated rings. The fourth-order valence-corrected chi connectivity index (χ4v) is 3.19. The van der Waals surface area contributed by atoms with Crippen LogP contribution in [0.1, 0.15) is 46.8 Å². The Kier molecular flexibility index (Phi) is 5.73. The summed E-state index contributed by atoms with van der Waals surface area (Å²) in [6.45, 7) is 4.78. The van der Waals surface area contributed by atoms with Gasteiger partial charge in [-0.3, -0.25) is 14.6 Å². The van der Waals surface area contributed by atoms with Crippen molar-refractivity contribution in [2.45, 2.75) is 45.7 Å². The number of carbonyl (C=O) groups excluding carboxylic acids is 2. The maximum atomic E-state index is 12.5. The number of likely N-dealkylation sites (tertiary alicyclic amines) is 1. The number of pyridine rings is 1. The molecule has 1 N–H and O–H groups in total. The second-order valence-electron chi connectivity index (χ2n) is 6.70. The van der Waals surface area contributed by atoms with Gasteiger partial charge in [0, 0.05) is 36.8 Å². The van der Waals surface area contributed by atoms with Crippen LogP contribution in [0.3, 0.4) is 0 Å². The van der Waals surface area contributed by atoms with Crippen LogP contribution in [0.25, 0.3) is 0 Å². The van der Waals surface area contributed by atoms with Crippen molar-refractivity contribution in [3.8, 4) is 5.75 Å². The van der Waals surface area contributed by atoms with Gasteiger partial charge in [-0.15, -0.1) is 0 Å². The van der Waals surface area contributed by atoms with Gasteiger partial charge in [0.15, 0.2) is 0 Å². The summed E-state index contributed by atoms with van der Waals surface area (Å²) >= 11 is 0. The molecule has 1 saturated heterocycles. The van der Waals surface area contributed by atoms with Gasteiger partial charge in [0.1, 0.15) is 17.2 Å². The van der Waals surface area contributed by atoms with Crippen LogP contribution in [0.15, 0.2) is 22.9 Å². The van der Waals surface area contributed by atoms with Gasteiger partial charge in [0.05, 0.1) is 19.3 Å². The molecule has 0 aromatic carbocycles. The molecule has 2 aromatic heterocycles. The molecule has 0 saturated carbocycles. The van der Waals surface area contributed by atoms with Crippen LogP contribution in [-0.2, 0) is 11.3 Å². The molecule has 2 aromatic rings. The highest BCUT2D eigenvalue weighted by Gasteiger charge is 2.25. The molecule has 144 valence electrons. The third-order valence-corrected chi connectivity index (χ3v) is 4.87. The van der Waals surface area contributed by atoms with Crippen LogP contribution < -0.4 is 10.1 Å². The average molecular weight is 372 g/mol. The fraction of sp³-hybridized carbons (Fsp3) is 0.474. The van der Waals surface area contributed by atoms with Crippen molar-refractivity contribution < 1.29 is 18.8 Å². The van der Waals surface area contributed by atoms with Crippen LogP contribution in [0.5, 0.6) is 5.75 Å². The fourth-order valence-electron chi connectivity index (χ4n) is 3.19. The number of amides is 2. The molecule has 1 aliphatic heterocycles. The maximum Gasteiger partial charge on any atom is 0.270 e. The van der Waals surface area contributed by atoms with E-state index in [1.54, 1.807) is 19.2 Å². The van der Waals surface area contributed by atoms with Crippen molar-refractivity contribution in [2.75, 3.05) is 13.7 Å². The number of aromatic nitrogens is 2. The molecular weight excluding hydrogens is 348 g/mol. The molecule has 8 nitrogen and oxygen atoms in total. The summed E-state index contributed by atoms with van der Waals surface area (Å²) < 4.78 is 10.3. The lowest BCUT2D eigenvalue weighted by molar-refractivity contribution is -0.131. The predicted octanol–water partition coefficient (Wildman–Crippen LogP) is 2.01. The Hall–Kier alpha value is -2.90. The molecular formula is C19H24N4O4. The number of aryl methyl sites for hydroxylation is 2. The van der Waals surface area contributed by atoms with Gasteiger partial charge in [0.2, 0.25) is 5.91 Å². The minimum atomic E-state index is -0.259. The number of nitrogens with one attached hydrogen (secondary N) is 1. The van der Waals surface area contributed by atoms with E-state index in [1.807, 2.05) is 18.7 Å². The van der Waals surface area contributed by atoms with Crippen LogP contribution >= 0.6 is 0 Å². The van der Waals surface area contributed by atoms with Gasteiger partial charge in [-0.25, -0.2) is 0 Å². The number of rotatable bonds is 5. The molecule has 0 aliphatic carbocycles. The molecule has 3 rings (SSSR count). The first-order chi connectivity index (χ1) is 13.0. The third kappa shape index (κ3) is 4.45. The van der Waals surface area contributed by atoms with Crippen LogP contribution in [0.4, 0.5) is 0 Å². The van der Waals surface area contributed by atoms with Crippen molar-refractivity contribution in [1.82, 2.24) is 20.4 Å². The van der Waals surface area contributed by atoms with E-state index in [4.69, 9.17) is 9.26 Å². The van der Waals surface area contributed by atoms with Gasteiger partial charge in [-0.1, -0.05) is 5.16 Å². The van der Waals surface area contributed by atoms with E-state index < -0.39 is 0 Å². The van der Waals surface area contributed by atoms with E-state index >= 15 is 0 Å². The monoisotopic (exact) mass is 372 g/mol. The first kappa shape index (κ1) is 18.9. The largest absolute Gasteiger partial charge is 0.497 e. The van der Waals surface area contributed by atoms with Gasteiger partial charge < -0.3 is 19.5 Å². The average Bonchev–Trinajstić information content (AvgIpc) is 2.88. The SMILES string of the molecule is COc1ccnc(C(=O)NC2CCC(=O)N(Cc3c(C)noc3C)CC2)c1. The Balaban J connectivity index is 1.61. The van der Waals surface area contributed by atoms with Gasteiger partial charge in [0.25, 0.3) is 5.91 Å². The molecule has 1 unspecified atom stereocenters. The molecule has 2 amide bonds. The summed E-state index contributed by atoms with van der Waals surface area (Å²) in [5, 5.41) is 6.93. The van der Waals surface area contributed by atoms with Crippen LogP contribution in [0, 0.1) is 13.8 Å². The quantitative estimate of drug-likeness (QED) is 0.862. The van der Waals surface area contributed by atoms with Gasteiger partial charge in [-0.05, 0) is 32.8 Å². The first-order valence-corrected chi connectivity index (χ1v) is 8.98. The molecule has 8 heteroatoms. The topological polar surface area (TPSA) is 97.6 Å². The molecule has 27 heavy (non-hydrogen) atoms. The Morgan fingerprint density at radius 1 is 1.41 bits per heavy atom. The Bertz CT molecular complexity index is 813. The number of carbonyl (C=O) groups is 2. The molecule has 1 aliphatic rings. The maximum absolute atomic E-state index is 12.5. The molecule has 0 radical (unpaired) electrons. The summed E-state index contributed by atoms with van der Waals surface area (Å²) in [6, 6.07) is 3.21. The highest BCUT2D eigenvalue weighted by molar-refractivity contribution is 5.92. The number of nitrogens with zero attached hydrogens (tertiary/aromatic N) is 3. The normalized spacial score (nSPS) is 17.5. The van der Waals surface area contributed by atoms with Crippen molar-refractivity contribution in [3.63, 3.8) is 0 Å². The lowest BCUT2D eigenvalue weighted by atomic mass is 10.1. The zero-order chi connectivity index (χ0) is 19.4. The smallest absolute Gasteiger partial charge is 0.270 e. The zero-order valence-electron chi connectivity index (χ0n) is 15.8. The number of hydrogen-bond donors (Lipinski definition) is 1. The third-order valence-electron chi connectivity index (χ3n) is 4.87. The second-order valence-corrected chi connectivity index (χ2v) is 6.70. The zero-order valence-corrected chi connectivity index (χ0v) is 15.8. The second kappa shape index (κ2) is 8.20. The number of methoxy groups -OCH3 is 1. The van der Waals surface area contributed by atoms with E-state index in [9.17, 15) is 9.59 Å². The molecule has 0 spiro atoms. The predicted molar refractivity (Wildman–Crippen MR) is 97.3 cm³/mol. The van der Waals surface area contributed by atoms with Gasteiger partial charge in [-0.2, -0.15) is 0 Å². The number of hydrogen-bond acceptors (Lipinski definition) is 6. The highest BCUT2D eigenvalue weighted by atomic mass is 16.5. The van der Waals surface area contributed by atoms with Gasteiger partial charge >= 0.3 is 0 Å². The van der Waals surface area contributed by atoms with Crippen molar-refractivity contribution >= 4 is 11.8 Å². The summed E-state index contributed by atoms with van der Waals surface area (Å²) in [6.07, 6.45) is 3.22. The lowest BCUT2D eigenvalue weighted by Gasteiger charge is -2.21. The summed E-state index contributed by atoms with van der Waals surface area (Å²) in [5.41, 5.74) is 2.06. The summed E-state index contributed by atoms with van der Waals surface area (Å²) in [7, 11) is 1.54. The molecule has 1 atom stereocenters. The molecule has 3 heterocycles. The van der Waals surface area contributed by atoms with E-state index in [0.29, 0.717) is 43.8 Å². The first-order valence-electron chi connectivity index (χ1n) is 8.98. The minimum absolute atomic E-state index is 0.0752. The Labute approximate surface area is 157 Å². The Morgan fingerprint density at radius 2 is 2.22 bits per heavy atom. The van der Waals surface area contributed by atoms with Crippen molar-refractivity contribution in [3.05, 3.63) is 41.0 Å². The summed E-state index contributed by atoms with van der Waals surface area (Å²) in [4.78, 5) is 30.8.